The second-order valence-corrected chi connectivity index (χ2v) is 8.24. The molecule has 36 heavy (non-hydrogen) atoms. The monoisotopic (exact) mass is 504 g/mol. The van der Waals surface area contributed by atoms with Crippen LogP contribution in [-0.4, -0.2) is 55.3 Å². The Kier molecular flexibility index (Phi) is 6.91. The first kappa shape index (κ1) is 25.1. The van der Waals surface area contributed by atoms with E-state index in [1.807, 2.05) is 13.8 Å². The average molecular weight is 504 g/mol. The lowest BCUT2D eigenvalue weighted by Gasteiger charge is -2.30. The van der Waals surface area contributed by atoms with Gasteiger partial charge in [-0.25, -0.2) is 24.1 Å². The zero-order chi connectivity index (χ0) is 26.0. The summed E-state index contributed by atoms with van der Waals surface area (Å²) in [5.41, 5.74) is -0.588. The van der Waals surface area contributed by atoms with Crippen LogP contribution >= 0.6 is 0 Å². The number of carbonyl (C=O) groups excluding carboxylic acids is 1. The number of halogens is 3. The predicted molar refractivity (Wildman–Crippen MR) is 120 cm³/mol. The fraction of sp³-hybridized carbons (Fsp3) is 0.391. The number of hydrogen-bond acceptors (Lipinski definition) is 7. The van der Waals surface area contributed by atoms with Crippen LogP contribution in [0, 0.1) is 11.7 Å². The van der Waals surface area contributed by atoms with Crippen LogP contribution in [0.3, 0.4) is 0 Å². The highest BCUT2D eigenvalue weighted by molar-refractivity contribution is 5.88. The predicted octanol–water partition coefficient (Wildman–Crippen LogP) is 4.26. The van der Waals surface area contributed by atoms with Gasteiger partial charge in [-0.1, -0.05) is 12.1 Å². The summed E-state index contributed by atoms with van der Waals surface area (Å²) in [7, 11) is 0. The first-order valence-electron chi connectivity index (χ1n) is 11.2. The molecule has 1 fully saturated rings. The van der Waals surface area contributed by atoms with Gasteiger partial charge >= 0.3 is 12.5 Å². The van der Waals surface area contributed by atoms with Gasteiger partial charge in [0.15, 0.2) is 0 Å². The highest BCUT2D eigenvalue weighted by atomic mass is 19.3. The van der Waals surface area contributed by atoms with Crippen LogP contribution in [0.4, 0.5) is 23.9 Å². The third kappa shape index (κ3) is 4.60. The Labute approximate surface area is 203 Å². The van der Waals surface area contributed by atoms with E-state index in [1.54, 1.807) is 4.90 Å². The SMILES string of the molecule is CCN(CC)C(=O)CC1CC1(c1ccc(F)cc1)N(C(=O)O)c1ncc(-c2nnc(C(F)F)o2)cn1. The quantitative estimate of drug-likeness (QED) is 0.458. The molecule has 2 heterocycles. The normalized spacial score (nSPS) is 18.8. The smallest absolute Gasteiger partial charge is 0.415 e. The summed E-state index contributed by atoms with van der Waals surface area (Å²) < 4.78 is 44.0. The van der Waals surface area contributed by atoms with Gasteiger partial charge in [-0.3, -0.25) is 4.79 Å². The minimum Gasteiger partial charge on any atom is -0.465 e. The Morgan fingerprint density at radius 2 is 1.78 bits per heavy atom. The van der Waals surface area contributed by atoms with Crippen LogP contribution in [0.2, 0.25) is 0 Å². The molecule has 2 aromatic heterocycles. The number of benzene rings is 1. The van der Waals surface area contributed by atoms with E-state index in [2.05, 4.69) is 20.2 Å². The van der Waals surface area contributed by atoms with Crippen molar-refractivity contribution in [3.8, 4) is 11.5 Å². The van der Waals surface area contributed by atoms with Gasteiger partial charge in [-0.05, 0) is 43.9 Å². The number of anilines is 1. The Bertz CT molecular complexity index is 1230. The molecule has 4 rings (SSSR count). The second-order valence-electron chi connectivity index (χ2n) is 8.24. The summed E-state index contributed by atoms with van der Waals surface area (Å²) in [6.45, 7) is 4.74. The van der Waals surface area contributed by atoms with Gasteiger partial charge in [0.1, 0.15) is 5.82 Å². The number of alkyl halides is 2. The molecule has 1 N–H and O–H groups in total. The van der Waals surface area contributed by atoms with Crippen molar-refractivity contribution >= 4 is 17.9 Å². The Hall–Kier alpha value is -4.03. The standard InChI is InChI=1S/C23H23F3N6O4/c1-3-31(4-2)17(33)9-15-10-23(15,14-5-7-16(24)8-6-14)32(22(34)35)21-27-11-13(12-28-21)19-29-30-20(36-19)18(25)26/h5-8,11-12,15,18H,3-4,9-10H2,1-2H3,(H,34,35). The molecular weight excluding hydrogens is 481 g/mol. The number of carboxylic acid groups (broad SMARTS) is 1. The molecule has 1 aliphatic rings. The maximum Gasteiger partial charge on any atom is 0.415 e. The van der Waals surface area contributed by atoms with E-state index in [9.17, 15) is 27.9 Å². The molecule has 13 heteroatoms. The lowest BCUT2D eigenvalue weighted by Crippen LogP contribution is -2.43. The van der Waals surface area contributed by atoms with Crippen molar-refractivity contribution in [3.63, 3.8) is 0 Å². The van der Waals surface area contributed by atoms with Crippen molar-refractivity contribution in [1.82, 2.24) is 25.1 Å². The van der Waals surface area contributed by atoms with Crippen molar-refractivity contribution in [2.75, 3.05) is 18.0 Å². The molecule has 2 atom stereocenters. The maximum atomic E-state index is 13.7. The first-order valence-corrected chi connectivity index (χ1v) is 11.2. The van der Waals surface area contributed by atoms with E-state index in [0.29, 0.717) is 25.1 Å². The molecule has 3 aromatic rings. The number of hydrogen-bond donors (Lipinski definition) is 1. The summed E-state index contributed by atoms with van der Waals surface area (Å²) in [6.07, 6.45) is -1.59. The van der Waals surface area contributed by atoms with E-state index < -0.39 is 35.7 Å². The van der Waals surface area contributed by atoms with Crippen molar-refractivity contribution in [2.45, 2.75) is 38.7 Å². The minimum absolute atomic E-state index is 0.0826. The molecule has 1 saturated carbocycles. The summed E-state index contributed by atoms with van der Waals surface area (Å²) in [4.78, 5) is 36.1. The van der Waals surface area contributed by atoms with Gasteiger partial charge < -0.3 is 14.4 Å². The van der Waals surface area contributed by atoms with Crippen molar-refractivity contribution in [1.29, 1.82) is 0 Å². The molecule has 1 aliphatic carbocycles. The van der Waals surface area contributed by atoms with Crippen LogP contribution in [0.1, 0.15) is 44.6 Å². The molecule has 0 spiro atoms. The van der Waals surface area contributed by atoms with E-state index >= 15 is 0 Å². The summed E-state index contributed by atoms with van der Waals surface area (Å²) >= 11 is 0. The first-order chi connectivity index (χ1) is 17.2. The van der Waals surface area contributed by atoms with E-state index in [1.165, 1.54) is 36.7 Å². The third-order valence-electron chi connectivity index (χ3n) is 6.26. The van der Waals surface area contributed by atoms with Gasteiger partial charge in [0.05, 0.1) is 11.1 Å². The topological polar surface area (TPSA) is 126 Å². The maximum absolute atomic E-state index is 13.7. The fourth-order valence-electron chi connectivity index (χ4n) is 4.39. The molecule has 2 unspecified atom stereocenters. The van der Waals surface area contributed by atoms with Gasteiger partial charge in [-0.15, -0.1) is 10.2 Å². The highest BCUT2D eigenvalue weighted by Crippen LogP contribution is 2.59. The molecule has 10 nitrogen and oxygen atoms in total. The van der Waals surface area contributed by atoms with Crippen LogP contribution < -0.4 is 4.90 Å². The molecule has 0 saturated heterocycles. The zero-order valence-corrected chi connectivity index (χ0v) is 19.4. The van der Waals surface area contributed by atoms with Gasteiger partial charge in [0, 0.05) is 31.9 Å². The Morgan fingerprint density at radius 1 is 1.14 bits per heavy atom. The number of carbonyl (C=O) groups is 2. The summed E-state index contributed by atoms with van der Waals surface area (Å²) in [6, 6.07) is 5.40. The van der Waals surface area contributed by atoms with E-state index in [4.69, 9.17) is 4.42 Å². The molecule has 190 valence electrons. The molecular formula is C23H23F3N6O4. The number of nitrogens with zero attached hydrogens (tertiary/aromatic N) is 6. The molecule has 0 bridgehead atoms. The lowest BCUT2D eigenvalue weighted by molar-refractivity contribution is -0.131. The Balaban J connectivity index is 1.69. The lowest BCUT2D eigenvalue weighted by atomic mass is 9.99. The minimum atomic E-state index is -2.95. The average Bonchev–Trinajstić information content (AvgIpc) is 3.31. The van der Waals surface area contributed by atoms with Gasteiger partial charge in [-0.2, -0.15) is 8.78 Å². The van der Waals surface area contributed by atoms with Gasteiger partial charge in [0.25, 0.3) is 11.8 Å². The van der Waals surface area contributed by atoms with E-state index in [0.717, 1.165) is 4.90 Å². The second kappa shape index (κ2) is 9.91. The van der Waals surface area contributed by atoms with E-state index in [-0.39, 0.29) is 29.7 Å². The van der Waals surface area contributed by atoms with Crippen LogP contribution in [0.15, 0.2) is 41.1 Å². The largest absolute Gasteiger partial charge is 0.465 e. The van der Waals surface area contributed by atoms with Crippen molar-refractivity contribution < 1.29 is 32.3 Å². The third-order valence-corrected chi connectivity index (χ3v) is 6.26. The molecule has 1 aromatic carbocycles. The molecule has 0 aliphatic heterocycles. The summed E-state index contributed by atoms with van der Waals surface area (Å²) in [5.74, 6) is -2.34. The molecule has 2 amide bonds. The molecule has 0 radical (unpaired) electrons. The number of aromatic nitrogens is 4. The van der Waals surface area contributed by atoms with Crippen LogP contribution in [0.25, 0.3) is 11.5 Å². The van der Waals surface area contributed by atoms with Crippen LogP contribution in [-0.2, 0) is 10.3 Å². The fourth-order valence-corrected chi connectivity index (χ4v) is 4.39. The Morgan fingerprint density at radius 3 is 2.31 bits per heavy atom. The number of amides is 2. The van der Waals surface area contributed by atoms with Crippen molar-refractivity contribution in [2.24, 2.45) is 5.92 Å². The van der Waals surface area contributed by atoms with Crippen LogP contribution in [0.5, 0.6) is 0 Å². The number of rotatable bonds is 9. The zero-order valence-electron chi connectivity index (χ0n) is 19.4. The van der Waals surface area contributed by atoms with Crippen molar-refractivity contribution in [3.05, 3.63) is 53.9 Å². The summed E-state index contributed by atoms with van der Waals surface area (Å²) in [5, 5.41) is 16.9. The van der Waals surface area contributed by atoms with Gasteiger partial charge in [0.2, 0.25) is 11.9 Å². The highest BCUT2D eigenvalue weighted by Gasteiger charge is 2.63.